The largest absolute Gasteiger partial charge is 0.307 e. The van der Waals surface area contributed by atoms with Crippen LogP contribution in [-0.2, 0) is 9.59 Å². The molecule has 72 valence electrons. The molecule has 7 heteroatoms. The zero-order valence-electron chi connectivity index (χ0n) is 7.22. The number of rotatable bonds is 0. The average molecular weight is 210 g/mol. The lowest BCUT2D eigenvalue weighted by molar-refractivity contribution is -0.126. The summed E-state index contributed by atoms with van der Waals surface area (Å²) in [6.45, 7) is 0. The third-order valence-corrected chi connectivity index (χ3v) is 2.28. The molecule has 0 aromatic carbocycles. The SMILES string of the molecule is CN1C(=O)C2N=CC(=O)NC2=NC1=S. The molecule has 2 heterocycles. The van der Waals surface area contributed by atoms with E-state index in [4.69, 9.17) is 12.2 Å². The van der Waals surface area contributed by atoms with Gasteiger partial charge in [0.2, 0.25) is 5.11 Å². The van der Waals surface area contributed by atoms with Crippen LogP contribution < -0.4 is 5.32 Å². The molecule has 14 heavy (non-hydrogen) atoms. The van der Waals surface area contributed by atoms with Crippen molar-refractivity contribution in [2.45, 2.75) is 6.04 Å². The average Bonchev–Trinajstić information content (AvgIpc) is 2.14. The van der Waals surface area contributed by atoms with Gasteiger partial charge in [0.15, 0.2) is 6.04 Å². The van der Waals surface area contributed by atoms with Crippen LogP contribution in [0.2, 0.25) is 0 Å². The lowest BCUT2D eigenvalue weighted by atomic mass is 10.2. The van der Waals surface area contributed by atoms with E-state index in [-0.39, 0.29) is 22.8 Å². The number of nitrogens with zero attached hydrogens (tertiary/aromatic N) is 3. The van der Waals surface area contributed by atoms with Gasteiger partial charge in [-0.25, -0.2) is 4.99 Å². The van der Waals surface area contributed by atoms with Crippen molar-refractivity contribution in [2.24, 2.45) is 9.98 Å². The lowest BCUT2D eigenvalue weighted by Crippen LogP contribution is -2.55. The summed E-state index contributed by atoms with van der Waals surface area (Å²) in [7, 11) is 1.52. The van der Waals surface area contributed by atoms with E-state index >= 15 is 0 Å². The van der Waals surface area contributed by atoms with Crippen LogP contribution in [0.1, 0.15) is 0 Å². The molecule has 0 saturated carbocycles. The number of fused-ring (bicyclic) bond motifs is 1. The maximum atomic E-state index is 11.6. The topological polar surface area (TPSA) is 74.1 Å². The minimum absolute atomic E-state index is 0.138. The Balaban J connectivity index is 2.44. The van der Waals surface area contributed by atoms with Crippen LogP contribution in [0.3, 0.4) is 0 Å². The summed E-state index contributed by atoms with van der Waals surface area (Å²) in [6, 6.07) is -0.746. The molecule has 2 rings (SSSR count). The molecule has 0 aliphatic carbocycles. The maximum absolute atomic E-state index is 11.6. The molecule has 1 atom stereocenters. The molecule has 2 amide bonds. The van der Waals surface area contributed by atoms with Crippen molar-refractivity contribution in [3.8, 4) is 0 Å². The summed E-state index contributed by atoms with van der Waals surface area (Å²) in [5, 5.41) is 2.56. The number of amides is 2. The van der Waals surface area contributed by atoms with Gasteiger partial charge < -0.3 is 5.32 Å². The van der Waals surface area contributed by atoms with E-state index in [2.05, 4.69) is 15.3 Å². The van der Waals surface area contributed by atoms with Crippen molar-refractivity contribution in [2.75, 3.05) is 7.05 Å². The van der Waals surface area contributed by atoms with Gasteiger partial charge in [0, 0.05) is 7.05 Å². The summed E-state index contributed by atoms with van der Waals surface area (Å²) < 4.78 is 0. The number of nitrogens with one attached hydrogen (secondary N) is 1. The number of hydrogen-bond donors (Lipinski definition) is 1. The number of hydrogen-bond acceptors (Lipinski definition) is 4. The number of likely N-dealkylation sites (N-methyl/N-ethyl adjacent to an activating group) is 1. The Morgan fingerprint density at radius 2 is 2.29 bits per heavy atom. The highest BCUT2D eigenvalue weighted by molar-refractivity contribution is 7.80. The highest BCUT2D eigenvalue weighted by Gasteiger charge is 2.35. The molecule has 1 N–H and O–H groups in total. The van der Waals surface area contributed by atoms with Crippen LogP contribution in [-0.4, -0.2) is 47.0 Å². The maximum Gasteiger partial charge on any atom is 0.267 e. The van der Waals surface area contributed by atoms with Crippen molar-refractivity contribution < 1.29 is 9.59 Å². The van der Waals surface area contributed by atoms with Gasteiger partial charge in [-0.2, -0.15) is 0 Å². The fourth-order valence-corrected chi connectivity index (χ4v) is 1.35. The first-order valence-corrected chi connectivity index (χ1v) is 4.24. The summed E-state index contributed by atoms with van der Waals surface area (Å²) in [5.41, 5.74) is 0. The molecule has 0 aromatic heterocycles. The van der Waals surface area contributed by atoms with Gasteiger partial charge in [0.25, 0.3) is 11.8 Å². The van der Waals surface area contributed by atoms with Crippen molar-refractivity contribution in [1.29, 1.82) is 0 Å². The van der Waals surface area contributed by atoms with E-state index in [9.17, 15) is 9.59 Å². The Kier molecular flexibility index (Phi) is 1.88. The van der Waals surface area contributed by atoms with E-state index < -0.39 is 6.04 Å². The standard InChI is InChI=1S/C7H6N4O2S/c1-11-6(13)4-5(10-7(11)14)9-3(12)2-8-4/h2,4H,1H3,(H,9,10,12,14). The highest BCUT2D eigenvalue weighted by Crippen LogP contribution is 2.10. The monoisotopic (exact) mass is 210 g/mol. The van der Waals surface area contributed by atoms with Crippen molar-refractivity contribution in [3.63, 3.8) is 0 Å². The zero-order valence-corrected chi connectivity index (χ0v) is 8.04. The first-order valence-electron chi connectivity index (χ1n) is 3.84. The van der Waals surface area contributed by atoms with Crippen molar-refractivity contribution in [1.82, 2.24) is 10.2 Å². The molecule has 0 aromatic rings. The van der Waals surface area contributed by atoms with Gasteiger partial charge in [0.1, 0.15) is 5.84 Å². The van der Waals surface area contributed by atoms with Gasteiger partial charge in [-0.1, -0.05) is 0 Å². The molecule has 2 aliphatic rings. The summed E-state index contributed by atoms with van der Waals surface area (Å²) in [4.78, 5) is 31.4. The van der Waals surface area contributed by atoms with E-state index in [0.29, 0.717) is 0 Å². The first-order chi connectivity index (χ1) is 6.59. The summed E-state index contributed by atoms with van der Waals surface area (Å²) >= 11 is 4.83. The first kappa shape index (κ1) is 8.95. The number of aliphatic imine (C=N–C) groups is 2. The Morgan fingerprint density at radius 3 is 3.00 bits per heavy atom. The normalized spacial score (nSPS) is 25.8. The quantitative estimate of drug-likeness (QED) is 0.505. The predicted molar refractivity (Wildman–Crippen MR) is 53.2 cm³/mol. The molecule has 0 saturated heterocycles. The molecule has 0 fully saturated rings. The third-order valence-electron chi connectivity index (χ3n) is 1.92. The lowest BCUT2D eigenvalue weighted by Gasteiger charge is -2.27. The van der Waals surface area contributed by atoms with Crippen LogP contribution in [0.25, 0.3) is 0 Å². The number of carbonyl (C=O) groups excluding carboxylic acids is 2. The molecule has 1 unspecified atom stereocenters. The number of amidine groups is 1. The van der Waals surface area contributed by atoms with Crippen molar-refractivity contribution >= 4 is 41.2 Å². The zero-order chi connectivity index (χ0) is 10.3. The van der Waals surface area contributed by atoms with Gasteiger partial charge in [0.05, 0.1) is 6.21 Å². The Bertz CT molecular complexity index is 400. The second-order valence-corrected chi connectivity index (χ2v) is 3.21. The van der Waals surface area contributed by atoms with E-state index in [1.54, 1.807) is 0 Å². The second-order valence-electron chi connectivity index (χ2n) is 2.85. The molecule has 0 radical (unpaired) electrons. The van der Waals surface area contributed by atoms with Crippen LogP contribution >= 0.6 is 12.2 Å². The fourth-order valence-electron chi connectivity index (χ4n) is 1.17. The summed E-state index contributed by atoms with van der Waals surface area (Å²) in [5.74, 6) is -0.456. The minimum Gasteiger partial charge on any atom is -0.307 e. The van der Waals surface area contributed by atoms with Gasteiger partial charge in [-0.05, 0) is 12.2 Å². The number of carbonyl (C=O) groups is 2. The van der Waals surface area contributed by atoms with E-state index in [1.165, 1.54) is 11.9 Å². The molecular weight excluding hydrogens is 204 g/mol. The van der Waals surface area contributed by atoms with Crippen molar-refractivity contribution in [3.05, 3.63) is 0 Å². The van der Waals surface area contributed by atoms with Gasteiger partial charge in [-0.3, -0.25) is 19.5 Å². The third kappa shape index (κ3) is 1.22. The minimum atomic E-state index is -0.746. The van der Waals surface area contributed by atoms with Gasteiger partial charge in [-0.15, -0.1) is 0 Å². The Hall–Kier alpha value is -1.63. The van der Waals surface area contributed by atoms with Crippen LogP contribution in [0.5, 0.6) is 0 Å². The molecule has 0 spiro atoms. The summed E-state index contributed by atoms with van der Waals surface area (Å²) in [6.07, 6.45) is 1.07. The molecule has 0 bridgehead atoms. The van der Waals surface area contributed by atoms with E-state index in [1.807, 2.05) is 0 Å². The fraction of sp³-hybridized carbons (Fsp3) is 0.286. The predicted octanol–water partition coefficient (Wildman–Crippen LogP) is -1.29. The van der Waals surface area contributed by atoms with Crippen LogP contribution in [0, 0.1) is 0 Å². The van der Waals surface area contributed by atoms with Crippen LogP contribution in [0.4, 0.5) is 0 Å². The van der Waals surface area contributed by atoms with Gasteiger partial charge >= 0.3 is 0 Å². The molecule has 2 aliphatic heterocycles. The molecular formula is C7H6N4O2S. The second kappa shape index (κ2) is 2.95. The Labute approximate surface area is 84.7 Å². The van der Waals surface area contributed by atoms with E-state index in [0.717, 1.165) is 6.21 Å². The highest BCUT2D eigenvalue weighted by atomic mass is 32.1. The molecule has 6 nitrogen and oxygen atoms in total. The smallest absolute Gasteiger partial charge is 0.267 e. The Morgan fingerprint density at radius 1 is 1.57 bits per heavy atom. The van der Waals surface area contributed by atoms with Crippen LogP contribution in [0.15, 0.2) is 9.98 Å². The number of thiocarbonyl (C=S) groups is 1.